The molecular formula is C13H18N2O5S. The summed E-state index contributed by atoms with van der Waals surface area (Å²) in [5.41, 5.74) is 0.361. The molecule has 0 aromatic heterocycles. The second kappa shape index (κ2) is 7.75. The molecular weight excluding hydrogens is 296 g/mol. The second-order valence-corrected chi connectivity index (χ2v) is 6.24. The van der Waals surface area contributed by atoms with Gasteiger partial charge in [-0.3, -0.25) is 4.79 Å². The Balaban J connectivity index is 2.62. The number of hydrogen-bond donors (Lipinski definition) is 3. The molecule has 7 nitrogen and oxygen atoms in total. The highest BCUT2D eigenvalue weighted by Gasteiger charge is 2.14. The highest BCUT2D eigenvalue weighted by molar-refractivity contribution is 7.88. The van der Waals surface area contributed by atoms with Crippen molar-refractivity contribution < 1.29 is 23.1 Å². The van der Waals surface area contributed by atoms with E-state index in [9.17, 15) is 18.0 Å². The molecule has 1 rings (SSSR count). The fourth-order valence-electron chi connectivity index (χ4n) is 1.57. The number of nitrogens with one attached hydrogen (secondary N) is 2. The number of aromatic carboxylic acids is 1. The summed E-state index contributed by atoms with van der Waals surface area (Å²) in [5.74, 6) is -1.91. The maximum atomic E-state index is 11.8. The molecule has 1 aromatic rings. The molecule has 0 aliphatic rings. The zero-order chi connectivity index (χ0) is 15.9. The van der Waals surface area contributed by atoms with Gasteiger partial charge in [0.2, 0.25) is 15.9 Å². The monoisotopic (exact) mass is 314 g/mol. The predicted molar refractivity (Wildman–Crippen MR) is 77.3 cm³/mol. The number of carbonyl (C=O) groups excluding carboxylic acids is 1. The van der Waals surface area contributed by atoms with Crippen LogP contribution in [-0.2, 0) is 20.6 Å². The first-order chi connectivity index (χ1) is 9.84. The normalized spacial score (nSPS) is 11.1. The Labute approximate surface area is 123 Å². The van der Waals surface area contributed by atoms with E-state index < -0.39 is 21.9 Å². The van der Waals surface area contributed by atoms with Gasteiger partial charge in [0.25, 0.3) is 0 Å². The Kier molecular flexibility index (Phi) is 6.32. The summed E-state index contributed by atoms with van der Waals surface area (Å²) in [5, 5.41) is 11.4. The lowest BCUT2D eigenvalue weighted by molar-refractivity contribution is -0.119. The van der Waals surface area contributed by atoms with Gasteiger partial charge in [0, 0.05) is 6.54 Å². The topological polar surface area (TPSA) is 113 Å². The summed E-state index contributed by atoms with van der Waals surface area (Å²) >= 11 is 0. The van der Waals surface area contributed by atoms with E-state index in [1.807, 2.05) is 6.92 Å². The van der Waals surface area contributed by atoms with Crippen LogP contribution in [0.3, 0.4) is 0 Å². The number of carboxylic acid groups (broad SMARTS) is 1. The van der Waals surface area contributed by atoms with Gasteiger partial charge in [-0.05, 0) is 24.1 Å². The number of carboxylic acids is 1. The lowest BCUT2D eigenvalue weighted by atomic mass is 10.1. The van der Waals surface area contributed by atoms with Gasteiger partial charge in [0.15, 0.2) is 0 Å². The van der Waals surface area contributed by atoms with Crippen LogP contribution in [0.4, 0.5) is 0 Å². The lowest BCUT2D eigenvalue weighted by Crippen LogP contribution is -2.37. The van der Waals surface area contributed by atoms with Gasteiger partial charge in [-0.25, -0.2) is 17.9 Å². The minimum absolute atomic E-state index is 0.0170. The van der Waals surface area contributed by atoms with Crippen LogP contribution >= 0.6 is 0 Å². The molecule has 0 heterocycles. The van der Waals surface area contributed by atoms with E-state index in [2.05, 4.69) is 10.0 Å². The van der Waals surface area contributed by atoms with Crippen LogP contribution in [0.1, 0.15) is 29.3 Å². The van der Waals surface area contributed by atoms with Crippen LogP contribution < -0.4 is 10.0 Å². The van der Waals surface area contributed by atoms with Crippen molar-refractivity contribution in [1.29, 1.82) is 0 Å². The third-order valence-electron chi connectivity index (χ3n) is 2.56. The molecule has 0 spiro atoms. The van der Waals surface area contributed by atoms with E-state index in [-0.39, 0.29) is 17.9 Å². The van der Waals surface area contributed by atoms with Gasteiger partial charge in [-0.1, -0.05) is 19.1 Å². The highest BCUT2D eigenvalue weighted by atomic mass is 32.2. The van der Waals surface area contributed by atoms with Crippen LogP contribution in [0.25, 0.3) is 0 Å². The molecule has 0 atom stereocenters. The number of rotatable bonds is 8. The van der Waals surface area contributed by atoms with Crippen molar-refractivity contribution in [3.05, 3.63) is 35.4 Å². The predicted octanol–water partition coefficient (Wildman–Crippen LogP) is 0.330. The SMILES string of the molecule is CCCNC(=O)CNS(=O)(=O)Cc1cccc(C(=O)O)c1. The van der Waals surface area contributed by atoms with Gasteiger partial charge in [0.05, 0.1) is 17.9 Å². The molecule has 0 saturated heterocycles. The van der Waals surface area contributed by atoms with Crippen LogP contribution in [0.5, 0.6) is 0 Å². The Morgan fingerprint density at radius 3 is 2.62 bits per heavy atom. The third-order valence-corrected chi connectivity index (χ3v) is 3.85. The van der Waals surface area contributed by atoms with E-state index in [1.54, 1.807) is 0 Å². The number of sulfonamides is 1. The minimum Gasteiger partial charge on any atom is -0.478 e. The Hall–Kier alpha value is -1.93. The standard InChI is InChI=1S/C13H18N2O5S/c1-2-6-14-12(16)8-15-21(19,20)9-10-4-3-5-11(7-10)13(17)18/h3-5,7,15H,2,6,8-9H2,1H3,(H,14,16)(H,17,18). The average Bonchev–Trinajstić information content (AvgIpc) is 2.42. The van der Waals surface area contributed by atoms with Gasteiger partial charge in [-0.2, -0.15) is 0 Å². The molecule has 0 saturated carbocycles. The molecule has 21 heavy (non-hydrogen) atoms. The molecule has 0 fully saturated rings. The minimum atomic E-state index is -3.70. The molecule has 3 N–H and O–H groups in total. The van der Waals surface area contributed by atoms with Crippen LogP contribution in [0.2, 0.25) is 0 Å². The Morgan fingerprint density at radius 1 is 1.29 bits per heavy atom. The van der Waals surface area contributed by atoms with E-state index in [0.717, 1.165) is 6.42 Å². The van der Waals surface area contributed by atoms with Gasteiger partial charge in [-0.15, -0.1) is 0 Å². The van der Waals surface area contributed by atoms with Gasteiger partial charge < -0.3 is 10.4 Å². The maximum absolute atomic E-state index is 11.8. The molecule has 0 aliphatic carbocycles. The van der Waals surface area contributed by atoms with Crippen LogP contribution in [0.15, 0.2) is 24.3 Å². The summed E-state index contributed by atoms with van der Waals surface area (Å²) in [7, 11) is -3.70. The molecule has 0 bridgehead atoms. The summed E-state index contributed by atoms with van der Waals surface area (Å²) in [6.45, 7) is 2.04. The average molecular weight is 314 g/mol. The molecule has 1 amide bonds. The first kappa shape index (κ1) is 17.1. The van der Waals surface area contributed by atoms with Crippen molar-refractivity contribution in [3.63, 3.8) is 0 Å². The maximum Gasteiger partial charge on any atom is 0.335 e. The highest BCUT2D eigenvalue weighted by Crippen LogP contribution is 2.08. The quantitative estimate of drug-likeness (QED) is 0.640. The van der Waals surface area contributed by atoms with E-state index in [0.29, 0.717) is 12.1 Å². The van der Waals surface area contributed by atoms with Crippen LogP contribution in [-0.4, -0.2) is 38.5 Å². The number of benzene rings is 1. The summed E-state index contributed by atoms with van der Waals surface area (Å²) in [4.78, 5) is 22.1. The first-order valence-electron chi connectivity index (χ1n) is 6.40. The fraction of sp³-hybridized carbons (Fsp3) is 0.385. The van der Waals surface area contributed by atoms with Gasteiger partial charge in [0.1, 0.15) is 0 Å². The van der Waals surface area contributed by atoms with Crippen molar-refractivity contribution in [2.24, 2.45) is 0 Å². The molecule has 116 valence electrons. The van der Waals surface area contributed by atoms with E-state index >= 15 is 0 Å². The summed E-state index contributed by atoms with van der Waals surface area (Å²) in [6.07, 6.45) is 0.764. The zero-order valence-electron chi connectivity index (χ0n) is 11.6. The third kappa shape index (κ3) is 6.37. The molecule has 0 radical (unpaired) electrons. The van der Waals surface area contributed by atoms with Crippen molar-refractivity contribution in [2.45, 2.75) is 19.1 Å². The van der Waals surface area contributed by atoms with Crippen LogP contribution in [0, 0.1) is 0 Å². The van der Waals surface area contributed by atoms with Crippen molar-refractivity contribution in [3.8, 4) is 0 Å². The first-order valence-corrected chi connectivity index (χ1v) is 8.05. The summed E-state index contributed by atoms with van der Waals surface area (Å²) < 4.78 is 25.8. The van der Waals surface area contributed by atoms with Gasteiger partial charge >= 0.3 is 5.97 Å². The molecule has 0 aliphatic heterocycles. The number of amides is 1. The van der Waals surface area contributed by atoms with Crippen molar-refractivity contribution >= 4 is 21.9 Å². The molecule has 0 unspecified atom stereocenters. The molecule has 1 aromatic carbocycles. The summed E-state index contributed by atoms with van der Waals surface area (Å²) in [6, 6.07) is 5.66. The van der Waals surface area contributed by atoms with Crippen molar-refractivity contribution in [2.75, 3.05) is 13.1 Å². The fourth-order valence-corrected chi connectivity index (χ4v) is 2.64. The second-order valence-electron chi connectivity index (χ2n) is 4.44. The number of carbonyl (C=O) groups is 2. The lowest BCUT2D eigenvalue weighted by Gasteiger charge is -2.07. The smallest absolute Gasteiger partial charge is 0.335 e. The van der Waals surface area contributed by atoms with E-state index in [1.165, 1.54) is 24.3 Å². The zero-order valence-corrected chi connectivity index (χ0v) is 12.4. The van der Waals surface area contributed by atoms with E-state index in [4.69, 9.17) is 5.11 Å². The van der Waals surface area contributed by atoms with Crippen molar-refractivity contribution in [1.82, 2.24) is 10.0 Å². The molecule has 8 heteroatoms. The Morgan fingerprint density at radius 2 is 2.00 bits per heavy atom. The number of hydrogen-bond acceptors (Lipinski definition) is 4. The Bertz CT molecular complexity index is 613. The largest absolute Gasteiger partial charge is 0.478 e.